The highest BCUT2D eigenvalue weighted by atomic mass is 16.2. The van der Waals surface area contributed by atoms with E-state index in [1.165, 1.54) is 16.9 Å². The van der Waals surface area contributed by atoms with Gasteiger partial charge in [-0.2, -0.15) is 5.10 Å². The van der Waals surface area contributed by atoms with Crippen molar-refractivity contribution in [1.82, 2.24) is 19.7 Å². The van der Waals surface area contributed by atoms with Gasteiger partial charge in [-0.3, -0.25) is 14.4 Å². The standard InChI is InChI=1S/C22H28N6O3/c1-16-8-12-26(13-9-16)19-6-7-21(30)28(25-19)15-20(29)24-17-4-5-18(23-14-17)22(31)27-10-2-3-11-27/h4-7,14,16H,2-3,8-13,15H2,1H3,(H,24,29). The number of nitrogens with zero attached hydrogens (tertiary/aromatic N) is 5. The average molecular weight is 425 g/mol. The molecule has 0 bridgehead atoms. The number of amides is 2. The first-order chi connectivity index (χ1) is 15.0. The van der Waals surface area contributed by atoms with Gasteiger partial charge in [-0.25, -0.2) is 9.67 Å². The fourth-order valence-electron chi connectivity index (χ4n) is 3.97. The van der Waals surface area contributed by atoms with Gasteiger partial charge in [-0.1, -0.05) is 6.92 Å². The Kier molecular flexibility index (Phi) is 6.29. The number of carbonyl (C=O) groups is 2. The molecule has 2 amide bonds. The first-order valence-electron chi connectivity index (χ1n) is 10.9. The first kappa shape index (κ1) is 21.0. The molecular weight excluding hydrogens is 396 g/mol. The SMILES string of the molecule is CC1CCN(c2ccc(=O)n(CC(=O)Nc3ccc(C(=O)N4CCCC4)nc3)n2)CC1. The number of anilines is 2. The number of likely N-dealkylation sites (tertiary alicyclic amines) is 1. The Labute approximate surface area is 181 Å². The lowest BCUT2D eigenvalue weighted by Gasteiger charge is -2.31. The van der Waals surface area contributed by atoms with Crippen LogP contribution < -0.4 is 15.8 Å². The van der Waals surface area contributed by atoms with Crippen molar-refractivity contribution < 1.29 is 9.59 Å². The third kappa shape index (κ3) is 5.10. The number of nitrogens with one attached hydrogen (secondary N) is 1. The van der Waals surface area contributed by atoms with E-state index in [0.29, 0.717) is 23.1 Å². The highest BCUT2D eigenvalue weighted by Crippen LogP contribution is 2.20. The van der Waals surface area contributed by atoms with Gasteiger partial charge >= 0.3 is 0 Å². The number of piperidine rings is 1. The number of hydrogen-bond acceptors (Lipinski definition) is 6. The summed E-state index contributed by atoms with van der Waals surface area (Å²) in [6, 6.07) is 6.43. The van der Waals surface area contributed by atoms with Crippen LogP contribution in [0.1, 0.15) is 43.1 Å². The minimum atomic E-state index is -0.376. The van der Waals surface area contributed by atoms with E-state index in [2.05, 4.69) is 27.2 Å². The van der Waals surface area contributed by atoms with Crippen molar-refractivity contribution in [2.75, 3.05) is 36.4 Å². The van der Waals surface area contributed by atoms with Gasteiger partial charge in [0.25, 0.3) is 11.5 Å². The van der Waals surface area contributed by atoms with Crippen LogP contribution in [0, 0.1) is 5.92 Å². The van der Waals surface area contributed by atoms with Crippen molar-refractivity contribution in [1.29, 1.82) is 0 Å². The molecule has 0 saturated carbocycles. The second-order valence-electron chi connectivity index (χ2n) is 8.34. The molecule has 2 saturated heterocycles. The first-order valence-corrected chi connectivity index (χ1v) is 10.9. The Morgan fingerprint density at radius 3 is 2.48 bits per heavy atom. The molecule has 31 heavy (non-hydrogen) atoms. The lowest BCUT2D eigenvalue weighted by Crippen LogP contribution is -2.36. The summed E-state index contributed by atoms with van der Waals surface area (Å²) in [6.07, 6.45) is 5.68. The van der Waals surface area contributed by atoms with Crippen molar-refractivity contribution in [2.24, 2.45) is 5.92 Å². The van der Waals surface area contributed by atoms with Crippen LogP contribution in [0.2, 0.25) is 0 Å². The van der Waals surface area contributed by atoms with Gasteiger partial charge in [-0.15, -0.1) is 0 Å². The molecule has 9 heteroatoms. The summed E-state index contributed by atoms with van der Waals surface area (Å²) in [6.45, 7) is 5.36. The van der Waals surface area contributed by atoms with Crippen LogP contribution in [0.3, 0.4) is 0 Å². The van der Waals surface area contributed by atoms with Gasteiger partial charge in [0.05, 0.1) is 11.9 Å². The van der Waals surface area contributed by atoms with E-state index in [1.54, 1.807) is 23.1 Å². The summed E-state index contributed by atoms with van der Waals surface area (Å²) < 4.78 is 1.18. The minimum Gasteiger partial charge on any atom is -0.355 e. The summed E-state index contributed by atoms with van der Waals surface area (Å²) in [5, 5.41) is 7.11. The molecular formula is C22H28N6O3. The van der Waals surface area contributed by atoms with E-state index < -0.39 is 0 Å². The van der Waals surface area contributed by atoms with E-state index in [4.69, 9.17) is 0 Å². The van der Waals surface area contributed by atoms with Crippen molar-refractivity contribution in [3.8, 4) is 0 Å². The molecule has 9 nitrogen and oxygen atoms in total. The van der Waals surface area contributed by atoms with Gasteiger partial charge in [0.15, 0.2) is 0 Å². The number of aromatic nitrogens is 3. The maximum absolute atomic E-state index is 12.5. The molecule has 4 heterocycles. The Morgan fingerprint density at radius 2 is 1.81 bits per heavy atom. The monoisotopic (exact) mass is 424 g/mol. The molecule has 0 atom stereocenters. The number of carbonyl (C=O) groups excluding carboxylic acids is 2. The van der Waals surface area contributed by atoms with Crippen molar-refractivity contribution in [3.63, 3.8) is 0 Å². The molecule has 2 aliphatic heterocycles. The summed E-state index contributed by atoms with van der Waals surface area (Å²) in [4.78, 5) is 45.1. The summed E-state index contributed by atoms with van der Waals surface area (Å²) >= 11 is 0. The third-order valence-corrected chi connectivity index (χ3v) is 5.91. The molecule has 4 rings (SSSR count). The lowest BCUT2D eigenvalue weighted by molar-refractivity contribution is -0.117. The molecule has 2 aliphatic rings. The lowest BCUT2D eigenvalue weighted by atomic mass is 9.99. The van der Waals surface area contributed by atoms with Gasteiger partial charge < -0.3 is 15.1 Å². The largest absolute Gasteiger partial charge is 0.355 e. The van der Waals surface area contributed by atoms with E-state index in [9.17, 15) is 14.4 Å². The van der Waals surface area contributed by atoms with E-state index in [1.807, 2.05) is 0 Å². The van der Waals surface area contributed by atoms with Crippen LogP contribution >= 0.6 is 0 Å². The number of rotatable bonds is 5. The smallest absolute Gasteiger partial charge is 0.272 e. The molecule has 0 aliphatic carbocycles. The van der Waals surface area contributed by atoms with Crippen LogP contribution in [0.15, 0.2) is 35.3 Å². The van der Waals surface area contributed by atoms with Crippen LogP contribution in [0.4, 0.5) is 11.5 Å². The predicted octanol–water partition coefficient (Wildman–Crippen LogP) is 1.75. The Hall–Kier alpha value is -3.23. The summed E-state index contributed by atoms with van der Waals surface area (Å²) in [5.41, 5.74) is 0.507. The molecule has 0 unspecified atom stereocenters. The second-order valence-corrected chi connectivity index (χ2v) is 8.34. The molecule has 1 N–H and O–H groups in total. The molecule has 2 fully saturated rings. The number of pyridine rings is 1. The zero-order valence-corrected chi connectivity index (χ0v) is 17.8. The molecule has 0 spiro atoms. The topological polar surface area (TPSA) is 100 Å². The van der Waals surface area contributed by atoms with Crippen LogP contribution in [0.5, 0.6) is 0 Å². The summed E-state index contributed by atoms with van der Waals surface area (Å²) in [5.74, 6) is 0.943. The van der Waals surface area contributed by atoms with Gasteiger partial charge in [0.2, 0.25) is 5.91 Å². The van der Waals surface area contributed by atoms with Gasteiger partial charge in [-0.05, 0) is 49.8 Å². The van der Waals surface area contributed by atoms with E-state index in [0.717, 1.165) is 51.9 Å². The second kappa shape index (κ2) is 9.28. The maximum atomic E-state index is 12.5. The van der Waals surface area contributed by atoms with Crippen LogP contribution in [-0.4, -0.2) is 57.7 Å². The van der Waals surface area contributed by atoms with Gasteiger partial charge in [0, 0.05) is 32.2 Å². The van der Waals surface area contributed by atoms with Crippen molar-refractivity contribution in [3.05, 3.63) is 46.5 Å². The maximum Gasteiger partial charge on any atom is 0.272 e. The normalized spacial score (nSPS) is 17.1. The molecule has 164 valence electrons. The quantitative estimate of drug-likeness (QED) is 0.785. The highest BCUT2D eigenvalue weighted by molar-refractivity contribution is 5.94. The molecule has 2 aromatic rings. The zero-order valence-electron chi connectivity index (χ0n) is 17.8. The Morgan fingerprint density at radius 1 is 1.06 bits per heavy atom. The minimum absolute atomic E-state index is 0.0879. The third-order valence-electron chi connectivity index (χ3n) is 5.91. The van der Waals surface area contributed by atoms with Crippen LogP contribution in [-0.2, 0) is 11.3 Å². The summed E-state index contributed by atoms with van der Waals surface area (Å²) in [7, 11) is 0. The van der Waals surface area contributed by atoms with Crippen molar-refractivity contribution >= 4 is 23.3 Å². The Balaban J connectivity index is 1.37. The van der Waals surface area contributed by atoms with Gasteiger partial charge in [0.1, 0.15) is 18.1 Å². The fourth-order valence-corrected chi connectivity index (χ4v) is 3.97. The van der Waals surface area contributed by atoms with E-state index in [-0.39, 0.29) is 23.9 Å². The number of hydrogen-bond donors (Lipinski definition) is 1. The average Bonchev–Trinajstić information content (AvgIpc) is 3.31. The fraction of sp³-hybridized carbons (Fsp3) is 0.500. The van der Waals surface area contributed by atoms with E-state index >= 15 is 0 Å². The van der Waals surface area contributed by atoms with Crippen LogP contribution in [0.25, 0.3) is 0 Å². The predicted molar refractivity (Wildman–Crippen MR) is 117 cm³/mol. The molecule has 2 aromatic heterocycles. The molecule has 0 aromatic carbocycles. The zero-order chi connectivity index (χ0) is 21.8. The Bertz CT molecular complexity index is 989. The molecule has 0 radical (unpaired) electrons. The van der Waals surface area contributed by atoms with Crippen molar-refractivity contribution in [2.45, 2.75) is 39.2 Å². The highest BCUT2D eigenvalue weighted by Gasteiger charge is 2.21.